The first-order valence-electron chi connectivity index (χ1n) is 11.2. The van der Waals surface area contributed by atoms with E-state index in [1.165, 1.54) is 12.1 Å². The number of rotatable bonds is 8. The maximum absolute atomic E-state index is 12.5. The second kappa shape index (κ2) is 10.4. The molecule has 0 spiro atoms. The zero-order valence-electron chi connectivity index (χ0n) is 19.1. The SMILES string of the molecule is Cc1cc(COc2ccc(-c3ccc4c(n3)CCN(CCC(=O)O)C4)cc2)cc(OC(F)(F)F)c1. The van der Waals surface area contributed by atoms with Crippen LogP contribution in [0.25, 0.3) is 11.3 Å². The van der Waals surface area contributed by atoms with Crippen molar-refractivity contribution < 1.29 is 32.5 Å². The van der Waals surface area contributed by atoms with Gasteiger partial charge in [0, 0.05) is 37.3 Å². The molecule has 9 heteroatoms. The number of nitrogens with zero attached hydrogens (tertiary/aromatic N) is 2. The van der Waals surface area contributed by atoms with E-state index in [0.29, 0.717) is 30.0 Å². The summed E-state index contributed by atoms with van der Waals surface area (Å²) in [6.07, 6.45) is -3.85. The number of ether oxygens (including phenoxy) is 2. The number of carboxylic acids is 1. The van der Waals surface area contributed by atoms with Crippen molar-refractivity contribution >= 4 is 5.97 Å². The minimum Gasteiger partial charge on any atom is -0.489 e. The summed E-state index contributed by atoms with van der Waals surface area (Å²) in [6.45, 7) is 3.79. The molecule has 1 aliphatic heterocycles. The van der Waals surface area contributed by atoms with Crippen LogP contribution in [-0.4, -0.2) is 40.4 Å². The zero-order valence-corrected chi connectivity index (χ0v) is 19.1. The Bertz CT molecular complexity index is 1200. The molecule has 2 aromatic carbocycles. The highest BCUT2D eigenvalue weighted by atomic mass is 19.4. The number of fused-ring (bicyclic) bond motifs is 1. The van der Waals surface area contributed by atoms with Gasteiger partial charge in [0.25, 0.3) is 0 Å². The van der Waals surface area contributed by atoms with E-state index in [0.717, 1.165) is 35.5 Å². The van der Waals surface area contributed by atoms with Crippen molar-refractivity contribution in [3.8, 4) is 22.8 Å². The number of hydrogen-bond acceptors (Lipinski definition) is 5. The predicted octanol–water partition coefficient (Wildman–Crippen LogP) is 5.37. The van der Waals surface area contributed by atoms with Crippen molar-refractivity contribution in [2.75, 3.05) is 13.1 Å². The number of halogens is 3. The monoisotopic (exact) mass is 486 g/mol. The highest BCUT2D eigenvalue weighted by Crippen LogP contribution is 2.27. The molecular weight excluding hydrogens is 461 g/mol. The lowest BCUT2D eigenvalue weighted by molar-refractivity contribution is -0.274. The molecule has 4 rings (SSSR count). The van der Waals surface area contributed by atoms with Crippen molar-refractivity contribution in [3.05, 3.63) is 77.0 Å². The Balaban J connectivity index is 1.38. The van der Waals surface area contributed by atoms with Crippen LogP contribution in [0.15, 0.2) is 54.6 Å². The molecule has 1 aromatic heterocycles. The summed E-state index contributed by atoms with van der Waals surface area (Å²) in [4.78, 5) is 17.7. The average molecular weight is 486 g/mol. The summed E-state index contributed by atoms with van der Waals surface area (Å²) in [6, 6.07) is 15.7. The number of carboxylic acid groups (broad SMARTS) is 1. The molecule has 1 N–H and O–H groups in total. The summed E-state index contributed by atoms with van der Waals surface area (Å²) in [7, 11) is 0. The number of aliphatic carboxylic acids is 1. The molecule has 0 saturated heterocycles. The summed E-state index contributed by atoms with van der Waals surface area (Å²) in [5, 5.41) is 8.88. The van der Waals surface area contributed by atoms with Gasteiger partial charge in [0.05, 0.1) is 12.1 Å². The van der Waals surface area contributed by atoms with Gasteiger partial charge in [-0.25, -0.2) is 0 Å². The van der Waals surface area contributed by atoms with E-state index in [2.05, 4.69) is 9.64 Å². The number of hydrogen-bond donors (Lipinski definition) is 1. The Morgan fingerprint density at radius 1 is 1.09 bits per heavy atom. The van der Waals surface area contributed by atoms with Gasteiger partial charge in [-0.05, 0) is 66.1 Å². The minimum absolute atomic E-state index is 0.102. The molecule has 0 radical (unpaired) electrons. The molecule has 0 saturated carbocycles. The first-order chi connectivity index (χ1) is 16.6. The summed E-state index contributed by atoms with van der Waals surface area (Å²) in [5.41, 5.74) is 5.10. The molecule has 0 bridgehead atoms. The fourth-order valence-electron chi connectivity index (χ4n) is 4.07. The quantitative estimate of drug-likeness (QED) is 0.462. The standard InChI is InChI=1S/C26H25F3N2O4/c1-17-12-18(14-22(13-17)35-26(27,28)29)16-34-21-5-2-19(3-6-21)23-7-4-20-15-31(11-9-25(32)33)10-8-24(20)30-23/h2-7,12-14H,8-11,15-16H2,1H3,(H,32,33). The van der Waals surface area contributed by atoms with Crippen LogP contribution < -0.4 is 9.47 Å². The topological polar surface area (TPSA) is 71.9 Å². The van der Waals surface area contributed by atoms with Crippen LogP contribution >= 0.6 is 0 Å². The van der Waals surface area contributed by atoms with Gasteiger partial charge in [-0.2, -0.15) is 0 Å². The highest BCUT2D eigenvalue weighted by molar-refractivity contribution is 5.66. The van der Waals surface area contributed by atoms with Gasteiger partial charge in [-0.15, -0.1) is 13.2 Å². The molecule has 6 nitrogen and oxygen atoms in total. The maximum Gasteiger partial charge on any atom is 0.573 e. The van der Waals surface area contributed by atoms with Crippen molar-refractivity contribution in [1.82, 2.24) is 9.88 Å². The Kier molecular flexibility index (Phi) is 7.25. The summed E-state index contributed by atoms with van der Waals surface area (Å²) >= 11 is 0. The van der Waals surface area contributed by atoms with Gasteiger partial charge in [0.1, 0.15) is 18.1 Å². The number of aromatic nitrogens is 1. The van der Waals surface area contributed by atoms with E-state index in [9.17, 15) is 18.0 Å². The Labute approximate surface area is 200 Å². The van der Waals surface area contributed by atoms with E-state index in [-0.39, 0.29) is 18.8 Å². The number of carbonyl (C=O) groups is 1. The fourth-order valence-corrected chi connectivity index (χ4v) is 4.07. The predicted molar refractivity (Wildman–Crippen MR) is 123 cm³/mol. The molecular formula is C26H25F3N2O4. The Morgan fingerprint density at radius 2 is 1.86 bits per heavy atom. The third kappa shape index (κ3) is 6.95. The van der Waals surface area contributed by atoms with Gasteiger partial charge in [-0.3, -0.25) is 14.7 Å². The maximum atomic E-state index is 12.5. The minimum atomic E-state index is -4.74. The molecule has 0 aliphatic carbocycles. The van der Waals surface area contributed by atoms with E-state index in [4.69, 9.17) is 14.8 Å². The number of benzene rings is 2. The van der Waals surface area contributed by atoms with Gasteiger partial charge in [-0.1, -0.05) is 12.1 Å². The lowest BCUT2D eigenvalue weighted by Crippen LogP contribution is -2.32. The second-order valence-corrected chi connectivity index (χ2v) is 8.49. The van der Waals surface area contributed by atoms with E-state index in [1.54, 1.807) is 25.1 Å². The molecule has 0 amide bonds. The third-order valence-corrected chi connectivity index (χ3v) is 5.67. The van der Waals surface area contributed by atoms with Gasteiger partial charge >= 0.3 is 12.3 Å². The highest BCUT2D eigenvalue weighted by Gasteiger charge is 2.31. The average Bonchev–Trinajstić information content (AvgIpc) is 2.80. The molecule has 3 aromatic rings. The second-order valence-electron chi connectivity index (χ2n) is 8.49. The molecule has 1 aliphatic rings. The van der Waals surface area contributed by atoms with Crippen molar-refractivity contribution in [2.45, 2.75) is 39.3 Å². The van der Waals surface area contributed by atoms with Gasteiger partial charge in [0.2, 0.25) is 0 Å². The van der Waals surface area contributed by atoms with Crippen molar-refractivity contribution in [1.29, 1.82) is 0 Å². The molecule has 2 heterocycles. The number of aryl methyl sites for hydroxylation is 1. The third-order valence-electron chi connectivity index (χ3n) is 5.67. The van der Waals surface area contributed by atoms with Gasteiger partial charge < -0.3 is 14.6 Å². The van der Waals surface area contributed by atoms with Crippen molar-refractivity contribution in [2.24, 2.45) is 0 Å². The fraction of sp³-hybridized carbons (Fsp3) is 0.308. The Morgan fingerprint density at radius 3 is 2.57 bits per heavy atom. The van der Waals surface area contributed by atoms with Crippen LogP contribution in [0.1, 0.15) is 28.8 Å². The molecule has 35 heavy (non-hydrogen) atoms. The van der Waals surface area contributed by atoms with Gasteiger partial charge in [0.15, 0.2) is 0 Å². The first-order valence-corrected chi connectivity index (χ1v) is 11.2. The molecule has 184 valence electrons. The molecule has 0 fully saturated rings. The largest absolute Gasteiger partial charge is 0.573 e. The summed E-state index contributed by atoms with van der Waals surface area (Å²) in [5.74, 6) is -0.480. The van der Waals surface area contributed by atoms with E-state index >= 15 is 0 Å². The van der Waals surface area contributed by atoms with Crippen LogP contribution in [0.4, 0.5) is 13.2 Å². The lowest BCUT2D eigenvalue weighted by Gasteiger charge is -2.27. The lowest BCUT2D eigenvalue weighted by atomic mass is 10.0. The number of pyridine rings is 1. The zero-order chi connectivity index (χ0) is 25.0. The normalized spacial score (nSPS) is 13.8. The van der Waals surface area contributed by atoms with Crippen LogP contribution in [0.3, 0.4) is 0 Å². The number of alkyl halides is 3. The van der Waals surface area contributed by atoms with E-state index < -0.39 is 12.3 Å². The van der Waals surface area contributed by atoms with Crippen LogP contribution in [0, 0.1) is 6.92 Å². The first kappa shape index (κ1) is 24.5. The van der Waals surface area contributed by atoms with Crippen LogP contribution in [0.5, 0.6) is 11.5 Å². The summed E-state index contributed by atoms with van der Waals surface area (Å²) < 4.78 is 47.3. The Hall–Kier alpha value is -3.59. The molecule has 0 unspecified atom stereocenters. The van der Waals surface area contributed by atoms with Crippen LogP contribution in [0.2, 0.25) is 0 Å². The molecule has 0 atom stereocenters. The van der Waals surface area contributed by atoms with Crippen molar-refractivity contribution in [3.63, 3.8) is 0 Å². The smallest absolute Gasteiger partial charge is 0.489 e. The van der Waals surface area contributed by atoms with Crippen LogP contribution in [-0.2, 0) is 24.4 Å². The van der Waals surface area contributed by atoms with E-state index in [1.807, 2.05) is 24.3 Å².